The van der Waals surface area contributed by atoms with Crippen LogP contribution < -0.4 is 16.7 Å². The number of amides is 1. The van der Waals surface area contributed by atoms with E-state index in [9.17, 15) is 14.0 Å². The van der Waals surface area contributed by atoms with Crippen molar-refractivity contribution in [3.63, 3.8) is 0 Å². The molecule has 0 unspecified atom stereocenters. The smallest absolute Gasteiger partial charge is 0.320 e. The number of H-pyrrole nitrogens is 2. The fourth-order valence-electron chi connectivity index (χ4n) is 1.49. The van der Waals surface area contributed by atoms with E-state index in [-0.39, 0.29) is 17.9 Å². The Bertz CT molecular complexity index is 751. The van der Waals surface area contributed by atoms with E-state index in [1.54, 1.807) is 6.07 Å². The molecule has 20 heavy (non-hydrogen) atoms. The highest BCUT2D eigenvalue weighted by molar-refractivity contribution is 6.02. The van der Waals surface area contributed by atoms with Gasteiger partial charge in [-0.1, -0.05) is 11.8 Å². The summed E-state index contributed by atoms with van der Waals surface area (Å²) in [6.07, 6.45) is 1.21. The molecule has 2 aromatic rings. The molecule has 102 valence electrons. The second kappa shape index (κ2) is 5.86. The third-order valence-electron chi connectivity index (χ3n) is 2.39. The van der Waals surface area contributed by atoms with Crippen molar-refractivity contribution < 1.29 is 9.18 Å². The lowest BCUT2D eigenvalue weighted by atomic mass is 10.2. The topological polar surface area (TPSA) is 104 Å². The summed E-state index contributed by atoms with van der Waals surface area (Å²) in [5.74, 6) is 4.03. The molecule has 2 rings (SSSR count). The number of anilines is 1. The van der Waals surface area contributed by atoms with Gasteiger partial charge in [-0.05, 0) is 18.2 Å². The first-order valence-corrected chi connectivity index (χ1v) is 5.67. The normalized spacial score (nSPS) is 9.70. The van der Waals surface area contributed by atoms with Gasteiger partial charge in [0.05, 0.1) is 12.2 Å². The van der Waals surface area contributed by atoms with Gasteiger partial charge >= 0.3 is 5.69 Å². The van der Waals surface area contributed by atoms with Gasteiger partial charge in [0.2, 0.25) is 0 Å². The van der Waals surface area contributed by atoms with E-state index in [0.717, 1.165) is 0 Å². The number of aromatic nitrogens is 2. The lowest BCUT2D eigenvalue weighted by Crippen LogP contribution is -2.15. The molecule has 1 aromatic heterocycles. The van der Waals surface area contributed by atoms with Crippen LogP contribution in [0.5, 0.6) is 0 Å². The van der Waals surface area contributed by atoms with Gasteiger partial charge in [-0.15, -0.1) is 0 Å². The Balaban J connectivity index is 2.18. The Morgan fingerprint density at radius 3 is 2.85 bits per heavy atom. The summed E-state index contributed by atoms with van der Waals surface area (Å²) in [5.41, 5.74) is 5.18. The fraction of sp³-hybridized carbons (Fsp3) is 0.0769. The molecule has 1 amide bonds. The molecule has 0 aliphatic heterocycles. The minimum Gasteiger partial charge on any atom is -0.320 e. The van der Waals surface area contributed by atoms with Gasteiger partial charge in [0.15, 0.2) is 0 Å². The summed E-state index contributed by atoms with van der Waals surface area (Å²) in [6, 6.07) is 4.14. The maximum absolute atomic E-state index is 13.8. The number of hydrogen-bond donors (Lipinski definition) is 4. The molecule has 0 aliphatic carbocycles. The molecular weight excluding hydrogens is 263 g/mol. The predicted octanol–water partition coefficient (Wildman–Crippen LogP) is 0.405. The first-order chi connectivity index (χ1) is 9.60. The number of carbonyl (C=O) groups excluding carboxylic acids is 1. The molecule has 0 radical (unpaired) electrons. The van der Waals surface area contributed by atoms with Crippen molar-refractivity contribution in [2.75, 3.05) is 11.9 Å². The lowest BCUT2D eigenvalue weighted by Gasteiger charge is -2.05. The van der Waals surface area contributed by atoms with Crippen LogP contribution in [0, 0.1) is 17.7 Å². The minimum atomic E-state index is -0.625. The first kappa shape index (κ1) is 13.6. The average Bonchev–Trinajstić information content (AvgIpc) is 2.86. The monoisotopic (exact) mass is 274 g/mol. The average molecular weight is 274 g/mol. The van der Waals surface area contributed by atoms with E-state index in [4.69, 9.17) is 5.73 Å². The van der Waals surface area contributed by atoms with Gasteiger partial charge in [-0.2, -0.15) is 0 Å². The highest BCUT2D eigenvalue weighted by atomic mass is 19.1. The molecule has 0 atom stereocenters. The summed E-state index contributed by atoms with van der Waals surface area (Å²) in [7, 11) is 0. The standard InChI is InChI=1S/C13H11FN4O2/c14-9-6-8(2-1-5-15)3-4-10(9)17-12(19)11-7-16-13(20)18-11/h3-4,6-7H,5,15H2,(H,17,19)(H2,16,18,20). The number of halogens is 1. The number of imidazole rings is 1. The zero-order valence-electron chi connectivity index (χ0n) is 10.3. The number of nitrogens with two attached hydrogens (primary N) is 1. The van der Waals surface area contributed by atoms with Crippen LogP contribution in [0.4, 0.5) is 10.1 Å². The highest BCUT2D eigenvalue weighted by Gasteiger charge is 2.11. The van der Waals surface area contributed by atoms with E-state index in [0.29, 0.717) is 5.56 Å². The Morgan fingerprint density at radius 2 is 2.25 bits per heavy atom. The van der Waals surface area contributed by atoms with Crippen molar-refractivity contribution in [2.45, 2.75) is 0 Å². The van der Waals surface area contributed by atoms with Crippen molar-refractivity contribution in [3.8, 4) is 11.8 Å². The summed E-state index contributed by atoms with van der Waals surface area (Å²) in [6.45, 7) is 0.182. The van der Waals surface area contributed by atoms with Crippen LogP contribution in [0.25, 0.3) is 0 Å². The predicted molar refractivity (Wildman–Crippen MR) is 71.7 cm³/mol. The molecule has 0 bridgehead atoms. The van der Waals surface area contributed by atoms with E-state index in [1.165, 1.54) is 18.3 Å². The molecule has 0 spiro atoms. The summed E-state index contributed by atoms with van der Waals surface area (Å²) < 4.78 is 13.8. The van der Waals surface area contributed by atoms with E-state index in [1.807, 2.05) is 0 Å². The molecule has 0 fully saturated rings. The second-order valence-corrected chi connectivity index (χ2v) is 3.81. The zero-order valence-corrected chi connectivity index (χ0v) is 10.3. The molecule has 1 aromatic carbocycles. The second-order valence-electron chi connectivity index (χ2n) is 3.81. The van der Waals surface area contributed by atoms with Gasteiger partial charge in [-0.3, -0.25) is 4.79 Å². The Labute approximate surface area is 113 Å². The molecular formula is C13H11FN4O2. The van der Waals surface area contributed by atoms with Crippen molar-refractivity contribution in [2.24, 2.45) is 5.73 Å². The van der Waals surface area contributed by atoms with Crippen molar-refractivity contribution >= 4 is 11.6 Å². The molecule has 5 N–H and O–H groups in total. The third-order valence-corrected chi connectivity index (χ3v) is 2.39. The van der Waals surface area contributed by atoms with Gasteiger partial charge in [0.1, 0.15) is 11.5 Å². The van der Waals surface area contributed by atoms with Crippen molar-refractivity contribution in [1.82, 2.24) is 9.97 Å². The SMILES string of the molecule is NCC#Cc1ccc(NC(=O)c2c[nH]c(=O)[nH]2)c(F)c1. The third kappa shape index (κ3) is 3.13. The molecule has 7 heteroatoms. The van der Waals surface area contributed by atoms with E-state index < -0.39 is 17.4 Å². The Kier molecular flexibility index (Phi) is 3.98. The van der Waals surface area contributed by atoms with Crippen LogP contribution in [-0.2, 0) is 0 Å². The van der Waals surface area contributed by atoms with Crippen molar-refractivity contribution in [1.29, 1.82) is 0 Å². The molecule has 6 nitrogen and oxygen atoms in total. The number of aromatic amines is 2. The summed E-state index contributed by atoms with van der Waals surface area (Å²) in [5, 5.41) is 2.35. The van der Waals surface area contributed by atoms with Gasteiger partial charge in [0, 0.05) is 11.8 Å². The first-order valence-electron chi connectivity index (χ1n) is 5.67. The maximum Gasteiger partial charge on any atom is 0.323 e. The van der Waals surface area contributed by atoms with Crippen LogP contribution in [0.2, 0.25) is 0 Å². The molecule has 0 aliphatic rings. The number of nitrogens with one attached hydrogen (secondary N) is 3. The fourth-order valence-corrected chi connectivity index (χ4v) is 1.49. The zero-order chi connectivity index (χ0) is 14.5. The Morgan fingerprint density at radius 1 is 1.45 bits per heavy atom. The van der Waals surface area contributed by atoms with Gasteiger partial charge in [-0.25, -0.2) is 9.18 Å². The van der Waals surface area contributed by atoms with Crippen LogP contribution in [-0.4, -0.2) is 22.4 Å². The maximum atomic E-state index is 13.8. The van der Waals surface area contributed by atoms with Crippen LogP contribution in [0.3, 0.4) is 0 Å². The van der Waals surface area contributed by atoms with E-state index >= 15 is 0 Å². The largest absolute Gasteiger partial charge is 0.323 e. The number of benzene rings is 1. The molecule has 0 saturated heterocycles. The summed E-state index contributed by atoms with van der Waals surface area (Å²) in [4.78, 5) is 27.2. The number of hydrogen-bond acceptors (Lipinski definition) is 3. The highest BCUT2D eigenvalue weighted by Crippen LogP contribution is 2.15. The molecule has 0 saturated carbocycles. The van der Waals surface area contributed by atoms with Gasteiger partial charge in [0.25, 0.3) is 5.91 Å². The molecule has 1 heterocycles. The Hall–Kier alpha value is -2.85. The lowest BCUT2D eigenvalue weighted by molar-refractivity contribution is 0.102. The quantitative estimate of drug-likeness (QED) is 0.596. The number of rotatable bonds is 2. The van der Waals surface area contributed by atoms with Crippen LogP contribution >= 0.6 is 0 Å². The van der Waals surface area contributed by atoms with Crippen molar-refractivity contribution in [3.05, 3.63) is 52.0 Å². The van der Waals surface area contributed by atoms with Crippen LogP contribution in [0.1, 0.15) is 16.1 Å². The minimum absolute atomic E-state index is 0.00431. The van der Waals surface area contributed by atoms with Gasteiger partial charge < -0.3 is 21.0 Å². The number of carbonyl (C=O) groups is 1. The van der Waals surface area contributed by atoms with E-state index in [2.05, 4.69) is 27.1 Å². The summed E-state index contributed by atoms with van der Waals surface area (Å²) >= 11 is 0. The van der Waals surface area contributed by atoms with Crippen LogP contribution in [0.15, 0.2) is 29.2 Å².